The van der Waals surface area contributed by atoms with E-state index in [2.05, 4.69) is 10.6 Å². The molecule has 8 nitrogen and oxygen atoms in total. The Morgan fingerprint density at radius 2 is 1.59 bits per heavy atom. The number of rotatable bonds is 7. The Morgan fingerprint density at radius 3 is 2.08 bits per heavy atom. The highest BCUT2D eigenvalue weighted by molar-refractivity contribution is 6.34. The van der Waals surface area contributed by atoms with Crippen molar-refractivity contribution in [1.82, 2.24) is 10.2 Å². The molecular formula is C28H38ClN3O5. The molecule has 2 aromatic carbocycles. The van der Waals surface area contributed by atoms with Crippen molar-refractivity contribution in [2.75, 3.05) is 11.9 Å². The molecule has 0 bridgehead atoms. The van der Waals surface area contributed by atoms with Gasteiger partial charge in [-0.3, -0.25) is 9.59 Å². The minimum atomic E-state index is -1.34. The van der Waals surface area contributed by atoms with Gasteiger partial charge in [-0.2, -0.15) is 0 Å². The normalized spacial score (nSPS) is 13.4. The molecule has 0 aliphatic rings. The zero-order valence-corrected chi connectivity index (χ0v) is 23.6. The summed E-state index contributed by atoms with van der Waals surface area (Å²) < 4.78 is 5.27. The van der Waals surface area contributed by atoms with E-state index in [0.29, 0.717) is 16.3 Å². The van der Waals surface area contributed by atoms with E-state index >= 15 is 0 Å². The van der Waals surface area contributed by atoms with Crippen LogP contribution in [0.3, 0.4) is 0 Å². The monoisotopic (exact) mass is 531 g/mol. The Labute approximate surface area is 224 Å². The maximum atomic E-state index is 13.9. The van der Waals surface area contributed by atoms with E-state index in [-0.39, 0.29) is 0 Å². The molecule has 2 aromatic rings. The summed E-state index contributed by atoms with van der Waals surface area (Å²) in [6.07, 6.45) is -0.850. The molecule has 37 heavy (non-hydrogen) atoms. The smallest absolute Gasteiger partial charge is 0.408 e. The van der Waals surface area contributed by atoms with Crippen molar-refractivity contribution in [1.29, 1.82) is 0 Å². The first-order valence-corrected chi connectivity index (χ1v) is 12.5. The van der Waals surface area contributed by atoms with Crippen LogP contribution in [0.5, 0.6) is 0 Å². The van der Waals surface area contributed by atoms with Crippen LogP contribution >= 0.6 is 11.6 Å². The maximum absolute atomic E-state index is 13.9. The van der Waals surface area contributed by atoms with Gasteiger partial charge in [0, 0.05) is 5.54 Å². The molecule has 0 radical (unpaired) electrons. The fourth-order valence-electron chi connectivity index (χ4n) is 3.80. The number of amides is 3. The molecule has 3 N–H and O–H groups in total. The lowest BCUT2D eigenvalue weighted by Crippen LogP contribution is -2.59. The molecular weight excluding hydrogens is 494 g/mol. The summed E-state index contributed by atoms with van der Waals surface area (Å²) in [5.74, 6) is -1.13. The van der Waals surface area contributed by atoms with Gasteiger partial charge in [-0.15, -0.1) is 0 Å². The average molecular weight is 532 g/mol. The summed E-state index contributed by atoms with van der Waals surface area (Å²) in [6.45, 7) is 13.5. The number of halogens is 1. The minimum Gasteiger partial charge on any atom is -0.444 e. The first kappa shape index (κ1) is 30.1. The van der Waals surface area contributed by atoms with Crippen LogP contribution in [0.15, 0.2) is 42.5 Å². The Hall–Kier alpha value is -3.10. The Balaban J connectivity index is 2.56. The standard InChI is InChI=1S/C28H38ClN3O5/c1-17-12-14-19(15-13-17)23(24(34)31-22-18(2)10-9-11-20(22)29)32(27(3,4)5)25(35)21(16-33)30-26(36)37-28(6,7)8/h9-15,21,23,33H,16H2,1-8H3,(H,30,36)(H,31,34). The molecule has 2 atom stereocenters. The van der Waals surface area contributed by atoms with Crippen LogP contribution in [0.1, 0.15) is 64.3 Å². The number of anilines is 1. The summed E-state index contributed by atoms with van der Waals surface area (Å²) in [4.78, 5) is 41.6. The van der Waals surface area contributed by atoms with Gasteiger partial charge in [-0.25, -0.2) is 4.79 Å². The molecule has 0 aliphatic carbocycles. The van der Waals surface area contributed by atoms with Crippen molar-refractivity contribution >= 4 is 35.2 Å². The molecule has 2 rings (SSSR count). The number of aliphatic hydroxyl groups excluding tert-OH is 1. The molecule has 0 saturated heterocycles. The number of carbonyl (C=O) groups is 3. The molecule has 0 spiro atoms. The van der Waals surface area contributed by atoms with E-state index in [4.69, 9.17) is 16.3 Å². The first-order valence-electron chi connectivity index (χ1n) is 12.1. The average Bonchev–Trinajstić information content (AvgIpc) is 2.76. The lowest BCUT2D eigenvalue weighted by atomic mass is 9.95. The predicted molar refractivity (Wildman–Crippen MR) is 146 cm³/mol. The molecule has 2 unspecified atom stereocenters. The number of ether oxygens (including phenoxy) is 1. The second-order valence-corrected chi connectivity index (χ2v) is 11.4. The van der Waals surface area contributed by atoms with Gasteiger partial charge in [-0.05, 0) is 72.6 Å². The molecule has 3 amide bonds. The fourth-order valence-corrected chi connectivity index (χ4v) is 4.07. The van der Waals surface area contributed by atoms with E-state index in [9.17, 15) is 19.5 Å². The van der Waals surface area contributed by atoms with E-state index in [0.717, 1.165) is 11.1 Å². The van der Waals surface area contributed by atoms with Gasteiger partial charge >= 0.3 is 6.09 Å². The number of benzene rings is 2. The number of aliphatic hydroxyl groups is 1. The van der Waals surface area contributed by atoms with E-state index in [1.807, 2.05) is 32.0 Å². The van der Waals surface area contributed by atoms with Gasteiger partial charge in [0.2, 0.25) is 5.91 Å². The minimum absolute atomic E-state index is 0.365. The topological polar surface area (TPSA) is 108 Å². The highest BCUT2D eigenvalue weighted by Crippen LogP contribution is 2.33. The molecule has 0 aromatic heterocycles. The molecule has 0 heterocycles. The van der Waals surface area contributed by atoms with Crippen LogP contribution in [0, 0.1) is 13.8 Å². The van der Waals surface area contributed by atoms with Crippen molar-refractivity contribution in [3.8, 4) is 0 Å². The van der Waals surface area contributed by atoms with Crippen molar-refractivity contribution in [3.05, 3.63) is 64.2 Å². The highest BCUT2D eigenvalue weighted by atomic mass is 35.5. The van der Waals surface area contributed by atoms with Crippen molar-refractivity contribution in [3.63, 3.8) is 0 Å². The Bertz CT molecular complexity index is 1100. The summed E-state index contributed by atoms with van der Waals surface area (Å²) in [5, 5.41) is 15.8. The molecule has 202 valence electrons. The number of hydrogen-bond donors (Lipinski definition) is 3. The van der Waals surface area contributed by atoms with Crippen LogP contribution in [0.2, 0.25) is 5.02 Å². The number of nitrogens with one attached hydrogen (secondary N) is 2. The van der Waals surface area contributed by atoms with Crippen LogP contribution < -0.4 is 10.6 Å². The SMILES string of the molecule is Cc1ccc(C(C(=O)Nc2c(C)cccc2Cl)N(C(=O)C(CO)NC(=O)OC(C)(C)C)C(C)(C)C)cc1. The van der Waals surface area contributed by atoms with Gasteiger partial charge in [-0.1, -0.05) is 53.6 Å². The van der Waals surface area contributed by atoms with Crippen LogP contribution in [-0.4, -0.2) is 51.7 Å². The number of carbonyl (C=O) groups excluding carboxylic acids is 3. The van der Waals surface area contributed by atoms with Crippen LogP contribution in [0.25, 0.3) is 0 Å². The van der Waals surface area contributed by atoms with Gasteiger partial charge in [0.25, 0.3) is 5.91 Å². The second kappa shape index (κ2) is 12.0. The third-order valence-corrected chi connectivity index (χ3v) is 5.82. The largest absolute Gasteiger partial charge is 0.444 e. The summed E-state index contributed by atoms with van der Waals surface area (Å²) in [7, 11) is 0. The summed E-state index contributed by atoms with van der Waals surface area (Å²) >= 11 is 6.37. The fraction of sp³-hybridized carbons (Fsp3) is 0.464. The van der Waals surface area contributed by atoms with Crippen LogP contribution in [-0.2, 0) is 14.3 Å². The van der Waals surface area contributed by atoms with Crippen LogP contribution in [0.4, 0.5) is 10.5 Å². The number of nitrogens with zero attached hydrogens (tertiary/aromatic N) is 1. The molecule has 0 fully saturated rings. The summed E-state index contributed by atoms with van der Waals surface area (Å²) in [6, 6.07) is 10.1. The number of alkyl carbamates (subject to hydrolysis) is 1. The van der Waals surface area contributed by atoms with E-state index < -0.39 is 47.7 Å². The van der Waals surface area contributed by atoms with Gasteiger partial charge in [0.15, 0.2) is 0 Å². The zero-order chi connectivity index (χ0) is 28.1. The Kier molecular flexibility index (Phi) is 9.74. The van der Waals surface area contributed by atoms with E-state index in [1.54, 1.807) is 65.8 Å². The first-order chi connectivity index (χ1) is 17.0. The second-order valence-electron chi connectivity index (χ2n) is 11.0. The van der Waals surface area contributed by atoms with Gasteiger partial charge in [0.1, 0.15) is 17.7 Å². The lowest BCUT2D eigenvalue weighted by molar-refractivity contribution is -0.147. The highest BCUT2D eigenvalue weighted by Gasteiger charge is 2.42. The van der Waals surface area contributed by atoms with Gasteiger partial charge < -0.3 is 25.4 Å². The number of aryl methyl sites for hydroxylation is 2. The van der Waals surface area contributed by atoms with Crippen molar-refractivity contribution in [2.45, 2.75) is 78.6 Å². The van der Waals surface area contributed by atoms with Crippen molar-refractivity contribution in [2.24, 2.45) is 0 Å². The lowest BCUT2D eigenvalue weighted by Gasteiger charge is -2.43. The molecule has 0 saturated carbocycles. The third kappa shape index (κ3) is 8.20. The number of hydrogen-bond acceptors (Lipinski definition) is 5. The quantitative estimate of drug-likeness (QED) is 0.458. The van der Waals surface area contributed by atoms with E-state index in [1.165, 1.54) is 4.90 Å². The Morgan fingerprint density at radius 1 is 1.00 bits per heavy atom. The molecule has 9 heteroatoms. The predicted octanol–water partition coefficient (Wildman–Crippen LogP) is 5.15. The third-order valence-electron chi connectivity index (χ3n) is 5.50. The molecule has 0 aliphatic heterocycles. The maximum Gasteiger partial charge on any atom is 0.408 e. The summed E-state index contributed by atoms with van der Waals surface area (Å²) in [5.41, 5.74) is 1.06. The number of para-hydroxylation sites is 1. The zero-order valence-electron chi connectivity index (χ0n) is 22.8. The van der Waals surface area contributed by atoms with Gasteiger partial charge in [0.05, 0.1) is 17.3 Å². The van der Waals surface area contributed by atoms with Crippen molar-refractivity contribution < 1.29 is 24.2 Å².